The summed E-state index contributed by atoms with van der Waals surface area (Å²) in [6.45, 7) is 14.5. The van der Waals surface area contributed by atoms with Gasteiger partial charge in [0.1, 0.15) is 11.6 Å². The molecule has 0 bridgehead atoms. The van der Waals surface area contributed by atoms with Gasteiger partial charge in [-0.2, -0.15) is 0 Å². The average molecular weight is 545 g/mol. The topological polar surface area (TPSA) is 32.3 Å². The number of anilines is 2. The zero-order valence-electron chi connectivity index (χ0n) is 27.4. The second-order valence-electron chi connectivity index (χ2n) is 10.3. The van der Waals surface area contributed by atoms with Gasteiger partial charge >= 0.3 is 0 Å². The fourth-order valence-corrected chi connectivity index (χ4v) is 4.86. The van der Waals surface area contributed by atoms with E-state index in [-0.39, 0.29) is 0 Å². The molecule has 0 radical (unpaired) electrons. The fourth-order valence-electron chi connectivity index (χ4n) is 4.86. The number of aryl methyl sites for hydroxylation is 2. The minimum absolute atomic E-state index is 0.812. The Bertz CT molecular complexity index is 1240. The smallest absolute Gasteiger partial charge is 0.139 e. The van der Waals surface area contributed by atoms with Crippen molar-refractivity contribution < 1.29 is 0 Å². The van der Waals surface area contributed by atoms with Crippen molar-refractivity contribution in [3.05, 3.63) is 72.1 Å². The molecular formula is C36H56N4. The van der Waals surface area contributed by atoms with Crippen molar-refractivity contribution in [1.82, 2.24) is 9.97 Å². The first-order chi connectivity index (χ1) is 19.3. The zero-order chi connectivity index (χ0) is 30.1. The molecule has 1 aromatic heterocycles. The van der Waals surface area contributed by atoms with Crippen LogP contribution in [0.5, 0.6) is 0 Å². The van der Waals surface area contributed by atoms with Crippen LogP contribution in [0.25, 0.3) is 21.7 Å². The van der Waals surface area contributed by atoms with Gasteiger partial charge in [0.15, 0.2) is 0 Å². The molecule has 40 heavy (non-hydrogen) atoms. The number of hydrogen-bond acceptors (Lipinski definition) is 4. The van der Waals surface area contributed by atoms with E-state index >= 15 is 0 Å². The van der Waals surface area contributed by atoms with E-state index in [0.29, 0.717) is 0 Å². The number of benzene rings is 3. The molecule has 0 N–H and O–H groups in total. The molecule has 0 atom stereocenters. The SMILES string of the molecule is CC.CC.CC1CCCCC1.CCc1ccc(N(C)C)c2ccccc12.Cc1nc(N(C)C)c2ccccc2n1. The van der Waals surface area contributed by atoms with Crippen molar-refractivity contribution in [3.63, 3.8) is 0 Å². The maximum absolute atomic E-state index is 4.42. The number of rotatable bonds is 3. The van der Waals surface area contributed by atoms with Crippen LogP contribution in [0.2, 0.25) is 0 Å². The van der Waals surface area contributed by atoms with Gasteiger partial charge in [0.05, 0.1) is 5.52 Å². The van der Waals surface area contributed by atoms with Crippen LogP contribution in [0.4, 0.5) is 11.5 Å². The second-order valence-corrected chi connectivity index (χ2v) is 10.3. The average Bonchev–Trinajstić information content (AvgIpc) is 2.99. The summed E-state index contributed by atoms with van der Waals surface area (Å²) in [6.07, 6.45) is 8.53. The van der Waals surface area contributed by atoms with E-state index < -0.39 is 0 Å². The summed E-state index contributed by atoms with van der Waals surface area (Å²) in [5.41, 5.74) is 3.72. The van der Waals surface area contributed by atoms with Crippen molar-refractivity contribution in [2.75, 3.05) is 38.0 Å². The van der Waals surface area contributed by atoms with Crippen LogP contribution in [0.1, 0.15) is 85.0 Å². The maximum atomic E-state index is 4.42. The Hall–Kier alpha value is -3.14. The normalized spacial score (nSPS) is 12.4. The first-order valence-electron chi connectivity index (χ1n) is 15.4. The van der Waals surface area contributed by atoms with Gasteiger partial charge in [0, 0.05) is 44.7 Å². The van der Waals surface area contributed by atoms with Gasteiger partial charge in [-0.05, 0) is 48.4 Å². The molecule has 4 heteroatoms. The number of nitrogens with zero attached hydrogens (tertiary/aromatic N) is 4. The lowest BCUT2D eigenvalue weighted by molar-refractivity contribution is 0.385. The lowest BCUT2D eigenvalue weighted by atomic mass is 9.91. The molecule has 1 aliphatic carbocycles. The minimum atomic E-state index is 0.812. The summed E-state index contributed by atoms with van der Waals surface area (Å²) in [7, 11) is 8.17. The van der Waals surface area contributed by atoms with E-state index in [0.717, 1.165) is 34.9 Å². The molecule has 4 aromatic rings. The Balaban J connectivity index is 0.000000296. The molecule has 1 fully saturated rings. The van der Waals surface area contributed by atoms with Gasteiger partial charge in [0.2, 0.25) is 0 Å². The maximum Gasteiger partial charge on any atom is 0.139 e. The molecule has 3 aromatic carbocycles. The van der Waals surface area contributed by atoms with Crippen LogP contribution < -0.4 is 9.80 Å². The lowest BCUT2D eigenvalue weighted by Crippen LogP contribution is -2.12. The van der Waals surface area contributed by atoms with Crippen LogP contribution in [0.15, 0.2) is 60.7 Å². The minimum Gasteiger partial charge on any atom is -0.377 e. The van der Waals surface area contributed by atoms with Crippen molar-refractivity contribution in [1.29, 1.82) is 0 Å². The Morgan fingerprint density at radius 2 is 1.23 bits per heavy atom. The van der Waals surface area contributed by atoms with E-state index in [4.69, 9.17) is 0 Å². The van der Waals surface area contributed by atoms with E-state index in [1.54, 1.807) is 0 Å². The van der Waals surface area contributed by atoms with E-state index in [1.807, 2.05) is 77.9 Å². The van der Waals surface area contributed by atoms with Crippen LogP contribution in [0, 0.1) is 12.8 Å². The molecule has 0 amide bonds. The second kappa shape index (κ2) is 19.0. The first-order valence-corrected chi connectivity index (χ1v) is 15.4. The summed E-state index contributed by atoms with van der Waals surface area (Å²) in [5, 5.41) is 3.83. The molecule has 0 unspecified atom stereocenters. The highest BCUT2D eigenvalue weighted by molar-refractivity contribution is 5.96. The standard InChI is InChI=1S/C14H17N.C11H13N3.C7H14.2C2H6/c1-4-11-9-10-14(15(2)3)13-8-6-5-7-12(11)13;1-8-12-10-7-5-4-6-9(10)11(13-8)14(2)3;1-7-5-3-2-4-6-7;2*1-2/h5-10H,4H2,1-3H3;4-7H,1-3H3;7H,2-6H2,1H3;2*1-2H3. The largest absolute Gasteiger partial charge is 0.377 e. The van der Waals surface area contributed by atoms with Gasteiger partial charge in [-0.25, -0.2) is 9.97 Å². The summed E-state index contributed by atoms with van der Waals surface area (Å²) in [5.74, 6) is 2.83. The third-order valence-corrected chi connectivity index (χ3v) is 6.87. The molecule has 0 saturated heterocycles. The fraction of sp³-hybridized carbons (Fsp3) is 0.500. The van der Waals surface area contributed by atoms with Crippen LogP contribution in [0.3, 0.4) is 0 Å². The zero-order valence-corrected chi connectivity index (χ0v) is 27.4. The van der Waals surface area contributed by atoms with Crippen LogP contribution in [-0.4, -0.2) is 38.2 Å². The highest BCUT2D eigenvalue weighted by Gasteiger charge is 2.07. The third-order valence-electron chi connectivity index (χ3n) is 6.87. The van der Waals surface area contributed by atoms with Crippen molar-refractivity contribution in [2.45, 2.75) is 87.0 Å². The Morgan fingerprint density at radius 1 is 0.675 bits per heavy atom. The number of para-hydroxylation sites is 1. The predicted molar refractivity (Wildman–Crippen MR) is 181 cm³/mol. The van der Waals surface area contributed by atoms with Crippen LogP contribution in [-0.2, 0) is 6.42 Å². The molecule has 0 aliphatic heterocycles. The number of hydrogen-bond donors (Lipinski definition) is 0. The molecule has 4 nitrogen and oxygen atoms in total. The number of aromatic nitrogens is 2. The van der Waals surface area contributed by atoms with Gasteiger partial charge in [-0.15, -0.1) is 0 Å². The predicted octanol–water partition coefficient (Wildman–Crippen LogP) is 10.1. The third kappa shape index (κ3) is 10.4. The van der Waals surface area contributed by atoms with Gasteiger partial charge in [-0.1, -0.05) is 116 Å². The van der Waals surface area contributed by atoms with Crippen molar-refractivity contribution in [2.24, 2.45) is 5.92 Å². The van der Waals surface area contributed by atoms with E-state index in [1.165, 1.54) is 54.1 Å². The quantitative estimate of drug-likeness (QED) is 0.257. The van der Waals surface area contributed by atoms with E-state index in [9.17, 15) is 0 Å². The number of fused-ring (bicyclic) bond motifs is 2. The van der Waals surface area contributed by atoms with E-state index in [2.05, 4.69) is 79.2 Å². The Kier molecular flexibility index (Phi) is 16.6. The summed E-state index contributed by atoms with van der Waals surface area (Å²) >= 11 is 0. The molecule has 0 spiro atoms. The molecule has 5 rings (SSSR count). The van der Waals surface area contributed by atoms with Crippen LogP contribution >= 0.6 is 0 Å². The molecular weight excluding hydrogens is 488 g/mol. The lowest BCUT2D eigenvalue weighted by Gasteiger charge is -2.17. The van der Waals surface area contributed by atoms with Gasteiger partial charge < -0.3 is 9.80 Å². The molecule has 1 heterocycles. The summed E-state index contributed by atoms with van der Waals surface area (Å²) in [4.78, 5) is 13.0. The Morgan fingerprint density at radius 3 is 1.73 bits per heavy atom. The van der Waals surface area contributed by atoms with Gasteiger partial charge in [-0.3, -0.25) is 0 Å². The highest BCUT2D eigenvalue weighted by atomic mass is 15.1. The highest BCUT2D eigenvalue weighted by Crippen LogP contribution is 2.28. The first kappa shape index (κ1) is 34.9. The van der Waals surface area contributed by atoms with Gasteiger partial charge in [0.25, 0.3) is 0 Å². The molecule has 1 saturated carbocycles. The Labute approximate surface area is 245 Å². The van der Waals surface area contributed by atoms with Crippen molar-refractivity contribution >= 4 is 33.2 Å². The molecule has 1 aliphatic rings. The summed E-state index contributed by atoms with van der Waals surface area (Å²) in [6, 6.07) is 21.1. The molecule has 220 valence electrons. The van der Waals surface area contributed by atoms with Crippen molar-refractivity contribution in [3.8, 4) is 0 Å². The monoisotopic (exact) mass is 544 g/mol. The summed E-state index contributed by atoms with van der Waals surface area (Å²) < 4.78 is 0.